The number of nitrogens with zero attached hydrogens (tertiary/aromatic N) is 4. The Balaban J connectivity index is 1.56. The molecule has 2 aromatic heterocycles. The quantitative estimate of drug-likeness (QED) is 0.867. The van der Waals surface area contributed by atoms with Gasteiger partial charge in [0.2, 0.25) is 0 Å². The van der Waals surface area contributed by atoms with E-state index >= 15 is 0 Å². The maximum Gasteiger partial charge on any atom is 0.133 e. The molecule has 5 heteroatoms. The van der Waals surface area contributed by atoms with Gasteiger partial charge in [-0.15, -0.1) is 0 Å². The molecule has 24 heavy (non-hydrogen) atoms. The van der Waals surface area contributed by atoms with Gasteiger partial charge in [0, 0.05) is 69.6 Å². The number of hydrogen-bond donors (Lipinski definition) is 0. The molecule has 5 nitrogen and oxygen atoms in total. The maximum atomic E-state index is 5.54. The molecule has 0 radical (unpaired) electrons. The first kappa shape index (κ1) is 15.5. The highest BCUT2D eigenvalue weighted by Gasteiger charge is 2.27. The van der Waals surface area contributed by atoms with Crippen LogP contribution >= 0.6 is 0 Å². The van der Waals surface area contributed by atoms with Gasteiger partial charge in [0.05, 0.1) is 0 Å². The van der Waals surface area contributed by atoms with E-state index in [-0.39, 0.29) is 0 Å². The van der Waals surface area contributed by atoms with Gasteiger partial charge in [-0.05, 0) is 36.6 Å². The molecule has 0 aromatic carbocycles. The van der Waals surface area contributed by atoms with Crippen LogP contribution in [0.25, 0.3) is 0 Å². The summed E-state index contributed by atoms with van der Waals surface area (Å²) < 4.78 is 5.54. The van der Waals surface area contributed by atoms with Crippen LogP contribution < -0.4 is 4.90 Å². The SMILES string of the molecule is c1cnc2c(c1)CN(C1CCOCC1)CCN2Cc1ccncc1. The molecule has 1 saturated heterocycles. The third-order valence-corrected chi connectivity index (χ3v) is 5.03. The average Bonchev–Trinajstić information content (AvgIpc) is 2.83. The van der Waals surface area contributed by atoms with Crippen LogP contribution in [0.5, 0.6) is 0 Å². The summed E-state index contributed by atoms with van der Waals surface area (Å²) in [5.41, 5.74) is 2.61. The van der Waals surface area contributed by atoms with Gasteiger partial charge in [-0.25, -0.2) is 4.98 Å². The molecular formula is C19H24N4O. The summed E-state index contributed by atoms with van der Waals surface area (Å²) >= 11 is 0. The van der Waals surface area contributed by atoms with E-state index in [1.165, 1.54) is 11.1 Å². The monoisotopic (exact) mass is 324 g/mol. The van der Waals surface area contributed by atoms with Crippen LogP contribution in [0.4, 0.5) is 5.82 Å². The van der Waals surface area contributed by atoms with Crippen molar-refractivity contribution in [3.63, 3.8) is 0 Å². The van der Waals surface area contributed by atoms with Gasteiger partial charge in [-0.3, -0.25) is 9.88 Å². The Morgan fingerprint density at radius 3 is 2.71 bits per heavy atom. The van der Waals surface area contributed by atoms with Gasteiger partial charge in [-0.2, -0.15) is 0 Å². The molecule has 2 aliphatic rings. The lowest BCUT2D eigenvalue weighted by atomic mass is 10.1. The van der Waals surface area contributed by atoms with Crippen molar-refractivity contribution in [2.75, 3.05) is 31.2 Å². The van der Waals surface area contributed by atoms with E-state index < -0.39 is 0 Å². The van der Waals surface area contributed by atoms with Gasteiger partial charge >= 0.3 is 0 Å². The first-order valence-corrected chi connectivity index (χ1v) is 8.80. The molecule has 0 atom stereocenters. The lowest BCUT2D eigenvalue weighted by Gasteiger charge is -2.33. The summed E-state index contributed by atoms with van der Waals surface area (Å²) in [6, 6.07) is 9.08. The molecule has 0 unspecified atom stereocenters. The Kier molecular flexibility index (Phi) is 4.71. The molecule has 4 heterocycles. The minimum absolute atomic E-state index is 0.632. The first-order valence-electron chi connectivity index (χ1n) is 8.80. The average molecular weight is 324 g/mol. The molecular weight excluding hydrogens is 300 g/mol. The Bertz CT molecular complexity index is 657. The Morgan fingerprint density at radius 1 is 1.04 bits per heavy atom. The van der Waals surface area contributed by atoms with E-state index in [1.54, 1.807) is 0 Å². The molecule has 126 valence electrons. The van der Waals surface area contributed by atoms with Gasteiger partial charge < -0.3 is 9.64 Å². The van der Waals surface area contributed by atoms with Gasteiger partial charge in [0.1, 0.15) is 5.82 Å². The van der Waals surface area contributed by atoms with E-state index in [1.807, 2.05) is 18.6 Å². The van der Waals surface area contributed by atoms with Crippen LogP contribution in [0.15, 0.2) is 42.9 Å². The lowest BCUT2D eigenvalue weighted by molar-refractivity contribution is 0.0328. The molecule has 1 fully saturated rings. The van der Waals surface area contributed by atoms with Crippen LogP contribution in [0, 0.1) is 0 Å². The summed E-state index contributed by atoms with van der Waals surface area (Å²) in [5.74, 6) is 1.13. The minimum atomic E-state index is 0.632. The van der Waals surface area contributed by atoms with Gasteiger partial charge in [-0.1, -0.05) is 6.07 Å². The van der Waals surface area contributed by atoms with Crippen LogP contribution in [0.1, 0.15) is 24.0 Å². The van der Waals surface area contributed by atoms with Crippen molar-refractivity contribution in [2.45, 2.75) is 32.0 Å². The third-order valence-electron chi connectivity index (χ3n) is 5.03. The summed E-state index contributed by atoms with van der Waals surface area (Å²) in [5, 5.41) is 0. The second kappa shape index (κ2) is 7.28. The Morgan fingerprint density at radius 2 is 1.88 bits per heavy atom. The highest BCUT2D eigenvalue weighted by atomic mass is 16.5. The fourth-order valence-corrected chi connectivity index (χ4v) is 3.72. The molecule has 0 saturated carbocycles. The lowest BCUT2D eigenvalue weighted by Crippen LogP contribution is -2.41. The van der Waals surface area contributed by atoms with Crippen molar-refractivity contribution in [2.24, 2.45) is 0 Å². The van der Waals surface area contributed by atoms with Crippen LogP contribution in [-0.2, 0) is 17.8 Å². The number of hydrogen-bond acceptors (Lipinski definition) is 5. The fourth-order valence-electron chi connectivity index (χ4n) is 3.72. The zero-order valence-electron chi connectivity index (χ0n) is 14.0. The number of aromatic nitrogens is 2. The number of rotatable bonds is 3. The van der Waals surface area contributed by atoms with Gasteiger partial charge in [0.25, 0.3) is 0 Å². The topological polar surface area (TPSA) is 41.5 Å². The van der Waals surface area contributed by atoms with Crippen molar-refractivity contribution in [3.05, 3.63) is 54.0 Å². The molecule has 0 bridgehead atoms. The molecule has 0 amide bonds. The van der Waals surface area contributed by atoms with Crippen LogP contribution in [0.2, 0.25) is 0 Å². The zero-order chi connectivity index (χ0) is 16.2. The largest absolute Gasteiger partial charge is 0.381 e. The molecule has 0 aliphatic carbocycles. The Labute approximate surface area is 143 Å². The predicted octanol–water partition coefficient (Wildman–Crippen LogP) is 2.48. The van der Waals surface area contributed by atoms with Crippen LogP contribution in [-0.4, -0.2) is 47.2 Å². The molecule has 2 aliphatic heterocycles. The van der Waals surface area contributed by atoms with E-state index in [4.69, 9.17) is 9.72 Å². The minimum Gasteiger partial charge on any atom is -0.381 e. The van der Waals surface area contributed by atoms with Gasteiger partial charge in [0.15, 0.2) is 0 Å². The fraction of sp³-hybridized carbons (Fsp3) is 0.474. The van der Waals surface area contributed by atoms with Crippen molar-refractivity contribution >= 4 is 5.82 Å². The van der Waals surface area contributed by atoms with E-state index in [2.05, 4.69) is 39.0 Å². The summed E-state index contributed by atoms with van der Waals surface area (Å²) in [4.78, 5) is 13.8. The number of anilines is 1. The zero-order valence-corrected chi connectivity index (χ0v) is 14.0. The highest BCUT2D eigenvalue weighted by molar-refractivity contribution is 5.48. The van der Waals surface area contributed by atoms with Crippen molar-refractivity contribution in [1.82, 2.24) is 14.9 Å². The molecule has 2 aromatic rings. The molecule has 0 spiro atoms. The predicted molar refractivity (Wildman–Crippen MR) is 93.8 cm³/mol. The summed E-state index contributed by atoms with van der Waals surface area (Å²) in [7, 11) is 0. The van der Waals surface area contributed by atoms with Crippen molar-refractivity contribution in [1.29, 1.82) is 0 Å². The smallest absolute Gasteiger partial charge is 0.133 e. The summed E-state index contributed by atoms with van der Waals surface area (Å²) in [6.45, 7) is 5.73. The second-order valence-corrected chi connectivity index (χ2v) is 6.58. The highest BCUT2D eigenvalue weighted by Crippen LogP contribution is 2.27. The normalized spacial score (nSPS) is 19.8. The van der Waals surface area contributed by atoms with E-state index in [9.17, 15) is 0 Å². The second-order valence-electron chi connectivity index (χ2n) is 6.58. The van der Waals surface area contributed by atoms with E-state index in [0.717, 1.165) is 58.1 Å². The summed E-state index contributed by atoms with van der Waals surface area (Å²) in [6.07, 6.45) is 7.91. The molecule has 4 rings (SSSR count). The number of pyridine rings is 2. The molecule has 0 N–H and O–H groups in total. The Hall–Kier alpha value is -1.98. The van der Waals surface area contributed by atoms with Crippen molar-refractivity contribution in [3.8, 4) is 0 Å². The van der Waals surface area contributed by atoms with Crippen LogP contribution in [0.3, 0.4) is 0 Å². The number of ether oxygens (including phenoxy) is 1. The number of fused-ring (bicyclic) bond motifs is 1. The standard InChI is InChI=1S/C19H24N4O/c1-2-17-15-22(18-5-12-24-13-6-18)10-11-23(19(17)21-7-1)14-16-3-8-20-9-4-16/h1-4,7-9,18H,5-6,10-15H2. The van der Waals surface area contributed by atoms with Crippen molar-refractivity contribution < 1.29 is 4.74 Å². The third kappa shape index (κ3) is 3.42. The maximum absolute atomic E-state index is 5.54. The first-order chi connectivity index (χ1) is 11.9. The van der Waals surface area contributed by atoms with E-state index in [0.29, 0.717) is 6.04 Å².